The van der Waals surface area contributed by atoms with Gasteiger partial charge in [-0.2, -0.15) is 13.2 Å². The Morgan fingerprint density at radius 1 is 0.968 bits per heavy atom. The Morgan fingerprint density at radius 2 is 1.74 bits per heavy atom. The second-order valence-electron chi connectivity index (χ2n) is 7.33. The lowest BCUT2D eigenvalue weighted by Gasteiger charge is -2.37. The summed E-state index contributed by atoms with van der Waals surface area (Å²) >= 11 is 0. The first-order chi connectivity index (χ1) is 14.8. The van der Waals surface area contributed by atoms with Crippen LogP contribution in [0.5, 0.6) is 0 Å². The minimum absolute atomic E-state index is 0.000227. The molecule has 0 fully saturated rings. The molecule has 1 aromatic heterocycles. The number of alkyl halides is 3. The highest BCUT2D eigenvalue weighted by atomic mass is 19.4. The van der Waals surface area contributed by atoms with Crippen LogP contribution in [0.3, 0.4) is 0 Å². The Bertz CT molecular complexity index is 1090. The van der Waals surface area contributed by atoms with Crippen molar-refractivity contribution in [3.8, 4) is 0 Å². The predicted octanol–water partition coefficient (Wildman–Crippen LogP) is 4.47. The molecule has 4 rings (SSSR count). The van der Waals surface area contributed by atoms with E-state index >= 15 is 0 Å². The molecule has 31 heavy (non-hydrogen) atoms. The zero-order valence-electron chi connectivity index (χ0n) is 16.5. The normalized spacial score (nSPS) is 16.0. The highest BCUT2D eigenvalue weighted by Gasteiger charge is 2.33. The first-order valence-corrected chi connectivity index (χ1v) is 9.79. The Balaban J connectivity index is 1.51. The van der Waals surface area contributed by atoms with E-state index in [1.807, 2.05) is 48.7 Å². The topological polar surface area (TPSA) is 54.3 Å². The van der Waals surface area contributed by atoms with E-state index in [0.29, 0.717) is 13.1 Å². The number of anilines is 1. The van der Waals surface area contributed by atoms with E-state index in [1.165, 1.54) is 12.1 Å². The fourth-order valence-corrected chi connectivity index (χ4v) is 3.86. The summed E-state index contributed by atoms with van der Waals surface area (Å²) in [7, 11) is 0. The van der Waals surface area contributed by atoms with Crippen LogP contribution in [0.1, 0.15) is 29.3 Å². The number of carbonyl (C=O) groups is 2. The molecule has 3 aromatic rings. The molecule has 0 bridgehead atoms. The molecule has 1 N–H and O–H groups in total. The van der Waals surface area contributed by atoms with Gasteiger partial charge in [-0.15, -0.1) is 0 Å². The van der Waals surface area contributed by atoms with Gasteiger partial charge < -0.3 is 14.8 Å². The second-order valence-corrected chi connectivity index (χ2v) is 7.33. The lowest BCUT2D eigenvalue weighted by Crippen LogP contribution is -2.43. The van der Waals surface area contributed by atoms with Gasteiger partial charge in [-0.05, 0) is 35.9 Å². The van der Waals surface area contributed by atoms with E-state index in [0.717, 1.165) is 23.4 Å². The van der Waals surface area contributed by atoms with Crippen LogP contribution in [0, 0.1) is 0 Å². The predicted molar refractivity (Wildman–Crippen MR) is 109 cm³/mol. The van der Waals surface area contributed by atoms with Gasteiger partial charge in [0.25, 0.3) is 0 Å². The lowest BCUT2D eigenvalue weighted by atomic mass is 9.99. The number of amides is 2. The molecule has 0 saturated carbocycles. The fraction of sp³-hybridized carbons (Fsp3) is 0.217. The van der Waals surface area contributed by atoms with Gasteiger partial charge in [0.2, 0.25) is 11.8 Å². The summed E-state index contributed by atoms with van der Waals surface area (Å²) in [6, 6.07) is 17.4. The Hall–Kier alpha value is -3.55. The minimum atomic E-state index is -4.51. The van der Waals surface area contributed by atoms with Crippen molar-refractivity contribution in [2.24, 2.45) is 0 Å². The number of nitrogens with one attached hydrogen (secondary N) is 1. The van der Waals surface area contributed by atoms with Gasteiger partial charge in [-0.25, -0.2) is 0 Å². The fourth-order valence-electron chi connectivity index (χ4n) is 3.86. The molecule has 160 valence electrons. The van der Waals surface area contributed by atoms with E-state index in [4.69, 9.17) is 0 Å². The van der Waals surface area contributed by atoms with Gasteiger partial charge in [0.15, 0.2) is 0 Å². The van der Waals surface area contributed by atoms with Gasteiger partial charge in [-0.1, -0.05) is 36.4 Å². The standard InChI is InChI=1S/C23H20F3N3O2/c24-23(25,26)17-8-4-9-18(14-17)27-20(30)15-21(31)29-13-12-28-11-5-10-19(28)22(29)16-6-2-1-3-7-16/h1-11,14,22H,12-13,15H2,(H,27,30). The molecule has 2 aromatic carbocycles. The third-order valence-corrected chi connectivity index (χ3v) is 5.26. The number of benzene rings is 2. The molecule has 1 atom stereocenters. The molecule has 0 spiro atoms. The molecule has 8 heteroatoms. The van der Waals surface area contributed by atoms with Crippen LogP contribution in [0.25, 0.3) is 0 Å². The molecule has 2 amide bonds. The van der Waals surface area contributed by atoms with Crippen molar-refractivity contribution in [2.45, 2.75) is 25.2 Å². The maximum absolute atomic E-state index is 13.0. The van der Waals surface area contributed by atoms with Crippen LogP contribution in [0.15, 0.2) is 72.9 Å². The van der Waals surface area contributed by atoms with Gasteiger partial charge in [0, 0.05) is 30.7 Å². The van der Waals surface area contributed by atoms with Gasteiger partial charge >= 0.3 is 6.18 Å². The quantitative estimate of drug-likeness (QED) is 0.625. The maximum atomic E-state index is 13.0. The zero-order chi connectivity index (χ0) is 22.0. The molecule has 0 saturated heterocycles. The number of rotatable bonds is 4. The highest BCUT2D eigenvalue weighted by Crippen LogP contribution is 2.33. The summed E-state index contributed by atoms with van der Waals surface area (Å²) in [5.74, 6) is -1.04. The van der Waals surface area contributed by atoms with Crippen LogP contribution in [-0.4, -0.2) is 27.8 Å². The third kappa shape index (κ3) is 4.47. The molecule has 1 aliphatic heterocycles. The number of hydrogen-bond acceptors (Lipinski definition) is 2. The molecule has 0 aliphatic carbocycles. The highest BCUT2D eigenvalue weighted by molar-refractivity contribution is 6.03. The zero-order valence-corrected chi connectivity index (χ0v) is 16.5. The Morgan fingerprint density at radius 3 is 2.48 bits per heavy atom. The van der Waals surface area contributed by atoms with E-state index in [2.05, 4.69) is 9.88 Å². The summed E-state index contributed by atoms with van der Waals surface area (Å²) < 4.78 is 40.7. The van der Waals surface area contributed by atoms with Crippen molar-refractivity contribution >= 4 is 17.5 Å². The molecule has 1 unspecified atom stereocenters. The first-order valence-electron chi connectivity index (χ1n) is 9.79. The Kier molecular flexibility index (Phi) is 5.54. The number of halogens is 3. The van der Waals surface area contributed by atoms with E-state index < -0.39 is 24.1 Å². The monoisotopic (exact) mass is 427 g/mol. The van der Waals surface area contributed by atoms with Gasteiger partial charge in [-0.3, -0.25) is 9.59 Å². The van der Waals surface area contributed by atoms with Crippen LogP contribution in [0.2, 0.25) is 0 Å². The summed E-state index contributed by atoms with van der Waals surface area (Å²) in [4.78, 5) is 27.1. The molecule has 5 nitrogen and oxygen atoms in total. The molecule has 1 aliphatic rings. The van der Waals surface area contributed by atoms with Crippen molar-refractivity contribution in [1.29, 1.82) is 0 Å². The molecular weight excluding hydrogens is 407 g/mol. The van der Waals surface area contributed by atoms with Crippen LogP contribution in [-0.2, 0) is 22.3 Å². The first kappa shape index (κ1) is 20.7. The van der Waals surface area contributed by atoms with Crippen LogP contribution >= 0.6 is 0 Å². The van der Waals surface area contributed by atoms with Gasteiger partial charge in [0.05, 0.1) is 11.6 Å². The number of hydrogen-bond donors (Lipinski definition) is 1. The van der Waals surface area contributed by atoms with Crippen molar-refractivity contribution in [1.82, 2.24) is 9.47 Å². The van der Waals surface area contributed by atoms with E-state index in [9.17, 15) is 22.8 Å². The smallest absolute Gasteiger partial charge is 0.348 e. The summed E-state index contributed by atoms with van der Waals surface area (Å²) in [6.07, 6.45) is -3.02. The van der Waals surface area contributed by atoms with Crippen molar-refractivity contribution < 1.29 is 22.8 Å². The molecular formula is C23H20F3N3O2. The Labute approximate surface area is 177 Å². The van der Waals surface area contributed by atoms with Crippen molar-refractivity contribution in [2.75, 3.05) is 11.9 Å². The number of fused-ring (bicyclic) bond motifs is 1. The average Bonchev–Trinajstić information content (AvgIpc) is 3.22. The third-order valence-electron chi connectivity index (χ3n) is 5.26. The number of aromatic nitrogens is 1. The lowest BCUT2D eigenvalue weighted by molar-refractivity contribution is -0.138. The van der Waals surface area contributed by atoms with Crippen molar-refractivity contribution in [3.63, 3.8) is 0 Å². The minimum Gasteiger partial charge on any atom is -0.348 e. The molecule has 0 radical (unpaired) electrons. The van der Waals surface area contributed by atoms with Gasteiger partial charge in [0.1, 0.15) is 6.42 Å². The van der Waals surface area contributed by atoms with Crippen LogP contribution in [0.4, 0.5) is 18.9 Å². The number of carbonyl (C=O) groups excluding carboxylic acids is 2. The van der Waals surface area contributed by atoms with E-state index in [1.54, 1.807) is 4.90 Å². The van der Waals surface area contributed by atoms with Crippen LogP contribution < -0.4 is 5.32 Å². The maximum Gasteiger partial charge on any atom is 0.416 e. The average molecular weight is 427 g/mol. The van der Waals surface area contributed by atoms with E-state index in [-0.39, 0.29) is 17.6 Å². The summed E-state index contributed by atoms with van der Waals surface area (Å²) in [5.41, 5.74) is 1.01. The largest absolute Gasteiger partial charge is 0.416 e. The van der Waals surface area contributed by atoms with Crippen molar-refractivity contribution in [3.05, 3.63) is 89.7 Å². The summed E-state index contributed by atoms with van der Waals surface area (Å²) in [6.45, 7) is 1.03. The number of nitrogens with zero attached hydrogens (tertiary/aromatic N) is 2. The SMILES string of the molecule is O=C(CC(=O)N1CCn2cccc2C1c1ccccc1)Nc1cccc(C(F)(F)F)c1. The summed E-state index contributed by atoms with van der Waals surface area (Å²) in [5, 5.41) is 2.40. The second kappa shape index (κ2) is 8.29. The molecule has 2 heterocycles.